The summed E-state index contributed by atoms with van der Waals surface area (Å²) in [5.41, 5.74) is 5.86. The maximum absolute atomic E-state index is 11.7. The fourth-order valence-electron chi connectivity index (χ4n) is 2.12. The normalized spacial score (nSPS) is 16.0. The summed E-state index contributed by atoms with van der Waals surface area (Å²) >= 11 is 0. The van der Waals surface area contributed by atoms with E-state index < -0.39 is 12.1 Å². The standard InChI is InChI=1S/C14H21N5O3/c1-10(18-14(15)21)13(20)17-9-11-2-3-12(16-8-11)19-4-6-22-7-5-19/h2-3,8,10H,4-7,9H2,1H3,(H,17,20)(H3,15,18,21)/t10-/m1/s1. The van der Waals surface area contributed by atoms with E-state index in [0.29, 0.717) is 19.8 Å². The van der Waals surface area contributed by atoms with Crippen LogP contribution in [-0.2, 0) is 16.1 Å². The number of primary amides is 1. The SMILES string of the molecule is C[C@@H](NC(N)=O)C(=O)NCc1ccc(N2CCOCC2)nc1. The first-order valence-electron chi connectivity index (χ1n) is 7.17. The molecule has 0 radical (unpaired) electrons. The van der Waals surface area contributed by atoms with Gasteiger partial charge in [-0.3, -0.25) is 4.79 Å². The number of anilines is 1. The Balaban J connectivity index is 1.83. The lowest BCUT2D eigenvalue weighted by Gasteiger charge is -2.27. The Kier molecular flexibility index (Phi) is 5.54. The molecule has 0 saturated carbocycles. The van der Waals surface area contributed by atoms with E-state index in [2.05, 4.69) is 20.5 Å². The van der Waals surface area contributed by atoms with Crippen LogP contribution < -0.4 is 21.3 Å². The minimum atomic E-state index is -0.723. The number of nitrogens with two attached hydrogens (primary N) is 1. The second kappa shape index (κ2) is 7.60. The highest BCUT2D eigenvalue weighted by molar-refractivity contribution is 5.86. The first-order valence-corrected chi connectivity index (χ1v) is 7.17. The van der Waals surface area contributed by atoms with Crippen molar-refractivity contribution in [2.45, 2.75) is 19.5 Å². The number of hydrogen-bond acceptors (Lipinski definition) is 5. The third-order valence-corrected chi connectivity index (χ3v) is 3.36. The third kappa shape index (κ3) is 4.59. The molecule has 0 unspecified atom stereocenters. The quantitative estimate of drug-likeness (QED) is 0.685. The van der Waals surface area contributed by atoms with Gasteiger partial charge in [0.2, 0.25) is 5.91 Å². The second-order valence-electron chi connectivity index (χ2n) is 5.07. The molecular weight excluding hydrogens is 286 g/mol. The van der Waals surface area contributed by atoms with Gasteiger partial charge >= 0.3 is 6.03 Å². The van der Waals surface area contributed by atoms with Gasteiger partial charge in [0.25, 0.3) is 0 Å². The molecule has 0 spiro atoms. The molecule has 2 heterocycles. The summed E-state index contributed by atoms with van der Waals surface area (Å²) < 4.78 is 5.30. The molecule has 22 heavy (non-hydrogen) atoms. The number of carbonyl (C=O) groups excluding carboxylic acids is 2. The highest BCUT2D eigenvalue weighted by atomic mass is 16.5. The lowest BCUT2D eigenvalue weighted by molar-refractivity contribution is -0.122. The number of aromatic nitrogens is 1. The van der Waals surface area contributed by atoms with Crippen molar-refractivity contribution in [3.05, 3.63) is 23.9 Å². The largest absolute Gasteiger partial charge is 0.378 e. The highest BCUT2D eigenvalue weighted by Crippen LogP contribution is 2.12. The minimum Gasteiger partial charge on any atom is -0.378 e. The van der Waals surface area contributed by atoms with Crippen molar-refractivity contribution in [2.75, 3.05) is 31.2 Å². The van der Waals surface area contributed by atoms with Crippen molar-refractivity contribution in [1.82, 2.24) is 15.6 Å². The lowest BCUT2D eigenvalue weighted by Crippen LogP contribution is -2.46. The van der Waals surface area contributed by atoms with Crippen LogP contribution in [0.5, 0.6) is 0 Å². The number of rotatable bonds is 5. The van der Waals surface area contributed by atoms with Crippen molar-refractivity contribution in [2.24, 2.45) is 5.73 Å². The molecule has 1 aromatic rings. The molecule has 1 saturated heterocycles. The maximum atomic E-state index is 11.7. The molecule has 3 amide bonds. The fourth-order valence-corrected chi connectivity index (χ4v) is 2.12. The summed E-state index contributed by atoms with van der Waals surface area (Å²) in [7, 11) is 0. The molecule has 120 valence electrons. The average molecular weight is 307 g/mol. The van der Waals surface area contributed by atoms with Gasteiger partial charge < -0.3 is 26.0 Å². The molecule has 8 nitrogen and oxygen atoms in total. The summed E-state index contributed by atoms with van der Waals surface area (Å²) in [6.07, 6.45) is 1.73. The van der Waals surface area contributed by atoms with E-state index in [1.165, 1.54) is 0 Å². The third-order valence-electron chi connectivity index (χ3n) is 3.36. The predicted octanol–water partition coefficient (Wildman–Crippen LogP) is -0.409. The fraction of sp³-hybridized carbons (Fsp3) is 0.500. The molecule has 1 atom stereocenters. The minimum absolute atomic E-state index is 0.295. The molecule has 2 rings (SSSR count). The first kappa shape index (κ1) is 16.0. The van der Waals surface area contributed by atoms with E-state index in [9.17, 15) is 9.59 Å². The number of nitrogens with one attached hydrogen (secondary N) is 2. The van der Waals surface area contributed by atoms with Gasteiger partial charge in [0.1, 0.15) is 11.9 Å². The summed E-state index contributed by atoms with van der Waals surface area (Å²) in [5.74, 6) is 0.609. The maximum Gasteiger partial charge on any atom is 0.312 e. The second-order valence-corrected chi connectivity index (χ2v) is 5.07. The Hall–Kier alpha value is -2.35. The van der Waals surface area contributed by atoms with Crippen LogP contribution in [0.2, 0.25) is 0 Å². The Morgan fingerprint density at radius 2 is 2.14 bits per heavy atom. The van der Waals surface area contributed by atoms with Gasteiger partial charge in [-0.25, -0.2) is 9.78 Å². The van der Waals surface area contributed by atoms with Gasteiger partial charge in [0.15, 0.2) is 0 Å². The van der Waals surface area contributed by atoms with Crippen molar-refractivity contribution in [3.8, 4) is 0 Å². The Morgan fingerprint density at radius 1 is 1.41 bits per heavy atom. The zero-order valence-electron chi connectivity index (χ0n) is 12.5. The van der Waals surface area contributed by atoms with E-state index >= 15 is 0 Å². The van der Waals surface area contributed by atoms with E-state index in [4.69, 9.17) is 10.5 Å². The Morgan fingerprint density at radius 3 is 2.73 bits per heavy atom. The van der Waals surface area contributed by atoms with Crippen LogP contribution in [-0.4, -0.2) is 49.3 Å². The van der Waals surface area contributed by atoms with Crippen molar-refractivity contribution >= 4 is 17.8 Å². The van der Waals surface area contributed by atoms with Crippen LogP contribution in [0.4, 0.5) is 10.6 Å². The van der Waals surface area contributed by atoms with Crippen molar-refractivity contribution in [1.29, 1.82) is 0 Å². The molecule has 1 aromatic heterocycles. The summed E-state index contributed by atoms with van der Waals surface area (Å²) in [6.45, 7) is 5.01. The first-order chi connectivity index (χ1) is 10.6. The molecule has 1 aliphatic heterocycles. The summed E-state index contributed by atoms with van der Waals surface area (Å²) in [4.78, 5) is 29.0. The number of amides is 3. The van der Waals surface area contributed by atoms with E-state index in [-0.39, 0.29) is 5.91 Å². The molecule has 1 aliphatic rings. The van der Waals surface area contributed by atoms with Crippen LogP contribution in [0.3, 0.4) is 0 Å². The van der Waals surface area contributed by atoms with E-state index in [1.807, 2.05) is 12.1 Å². The number of hydrogen-bond donors (Lipinski definition) is 3. The molecule has 4 N–H and O–H groups in total. The molecule has 8 heteroatoms. The Bertz CT molecular complexity index is 514. The Labute approximate surface area is 129 Å². The zero-order chi connectivity index (χ0) is 15.9. The monoisotopic (exact) mass is 307 g/mol. The van der Waals surface area contributed by atoms with Crippen molar-refractivity contribution in [3.63, 3.8) is 0 Å². The average Bonchev–Trinajstić information content (AvgIpc) is 2.53. The summed E-state index contributed by atoms with van der Waals surface area (Å²) in [5, 5.41) is 5.04. The van der Waals surface area contributed by atoms with Gasteiger partial charge in [0.05, 0.1) is 13.2 Å². The van der Waals surface area contributed by atoms with E-state index in [0.717, 1.165) is 24.5 Å². The van der Waals surface area contributed by atoms with Crippen LogP contribution in [0, 0.1) is 0 Å². The molecule has 1 fully saturated rings. The number of urea groups is 1. The predicted molar refractivity (Wildman–Crippen MR) is 81.3 cm³/mol. The topological polar surface area (TPSA) is 110 Å². The van der Waals surface area contributed by atoms with Gasteiger partial charge in [-0.15, -0.1) is 0 Å². The van der Waals surface area contributed by atoms with Gasteiger partial charge in [-0.1, -0.05) is 6.07 Å². The molecule has 0 aromatic carbocycles. The number of morpholine rings is 1. The number of nitrogens with zero attached hydrogens (tertiary/aromatic N) is 2. The number of pyridine rings is 1. The molecule has 0 aliphatic carbocycles. The summed E-state index contributed by atoms with van der Waals surface area (Å²) in [6, 6.07) is 2.46. The number of carbonyl (C=O) groups is 2. The smallest absolute Gasteiger partial charge is 0.312 e. The zero-order valence-corrected chi connectivity index (χ0v) is 12.5. The van der Waals surface area contributed by atoms with Crippen LogP contribution in [0.1, 0.15) is 12.5 Å². The molecular formula is C14H21N5O3. The van der Waals surface area contributed by atoms with Crippen LogP contribution in [0.25, 0.3) is 0 Å². The lowest BCUT2D eigenvalue weighted by atomic mass is 10.2. The number of ether oxygens (including phenoxy) is 1. The molecule has 0 bridgehead atoms. The van der Waals surface area contributed by atoms with Crippen LogP contribution >= 0.6 is 0 Å². The van der Waals surface area contributed by atoms with Crippen LogP contribution in [0.15, 0.2) is 18.3 Å². The van der Waals surface area contributed by atoms with Gasteiger partial charge in [0, 0.05) is 25.8 Å². The highest BCUT2D eigenvalue weighted by Gasteiger charge is 2.14. The van der Waals surface area contributed by atoms with Gasteiger partial charge in [-0.2, -0.15) is 0 Å². The van der Waals surface area contributed by atoms with Crippen molar-refractivity contribution < 1.29 is 14.3 Å². The van der Waals surface area contributed by atoms with E-state index in [1.54, 1.807) is 13.1 Å². The van der Waals surface area contributed by atoms with Gasteiger partial charge in [-0.05, 0) is 18.6 Å².